The monoisotopic (exact) mass is 422 g/mol. The number of halogens is 1. The summed E-state index contributed by atoms with van der Waals surface area (Å²) >= 11 is 6.08. The summed E-state index contributed by atoms with van der Waals surface area (Å²) in [6.07, 6.45) is 4.02. The van der Waals surface area contributed by atoms with Gasteiger partial charge in [0.1, 0.15) is 5.69 Å². The Balaban J connectivity index is 1.67. The second kappa shape index (κ2) is 9.02. The van der Waals surface area contributed by atoms with E-state index in [1.807, 2.05) is 58.2 Å². The molecular weight excluding hydrogens is 396 g/mol. The minimum Gasteiger partial charge on any atom is -0.337 e. The highest BCUT2D eigenvalue weighted by atomic mass is 35.5. The van der Waals surface area contributed by atoms with Gasteiger partial charge in [-0.05, 0) is 44.6 Å². The highest BCUT2D eigenvalue weighted by molar-refractivity contribution is 6.30. The topological polar surface area (TPSA) is 41.4 Å². The molecule has 0 spiro atoms. The highest BCUT2D eigenvalue weighted by Crippen LogP contribution is 2.27. The van der Waals surface area contributed by atoms with E-state index in [0.29, 0.717) is 28.9 Å². The van der Waals surface area contributed by atoms with Crippen LogP contribution < -0.4 is 0 Å². The van der Waals surface area contributed by atoms with E-state index in [9.17, 15) is 4.79 Å². The fourth-order valence-corrected chi connectivity index (χ4v) is 4.11. The third-order valence-electron chi connectivity index (χ3n) is 5.71. The average molecular weight is 423 g/mol. The van der Waals surface area contributed by atoms with Crippen LogP contribution in [0.25, 0.3) is 11.3 Å². The number of aromatic nitrogens is 2. The fraction of sp³-hybridized carbons (Fsp3) is 0.333. The van der Waals surface area contributed by atoms with Crippen molar-refractivity contribution in [1.82, 2.24) is 19.6 Å². The number of piperidine rings is 1. The lowest BCUT2D eigenvalue weighted by Gasteiger charge is -2.36. The largest absolute Gasteiger partial charge is 0.337 e. The number of carbonyl (C=O) groups excluding carboxylic acids is 1. The third-order valence-corrected chi connectivity index (χ3v) is 5.96. The molecule has 1 aliphatic heterocycles. The van der Waals surface area contributed by atoms with Crippen LogP contribution in [0.4, 0.5) is 0 Å². The molecule has 6 heteroatoms. The number of hydrogen-bond donors (Lipinski definition) is 0. The Kier molecular flexibility index (Phi) is 6.21. The molecule has 156 valence electrons. The molecule has 0 radical (unpaired) electrons. The van der Waals surface area contributed by atoms with Gasteiger partial charge in [-0.3, -0.25) is 9.48 Å². The SMILES string of the molecule is CN(C)C1CCCN(C(=O)c2cn(Cc3ccccc3)nc2-c2ccc(Cl)cc2)C1. The number of amides is 1. The normalized spacial score (nSPS) is 16.8. The molecule has 1 aliphatic rings. The number of rotatable bonds is 5. The van der Waals surface area contributed by atoms with E-state index in [4.69, 9.17) is 16.7 Å². The quantitative estimate of drug-likeness (QED) is 0.611. The lowest BCUT2D eigenvalue weighted by atomic mass is 10.0. The van der Waals surface area contributed by atoms with Gasteiger partial charge in [0.2, 0.25) is 0 Å². The molecule has 0 saturated carbocycles. The molecule has 2 heterocycles. The van der Waals surface area contributed by atoms with Gasteiger partial charge in [-0.25, -0.2) is 0 Å². The minimum absolute atomic E-state index is 0.0470. The van der Waals surface area contributed by atoms with E-state index in [1.165, 1.54) is 0 Å². The number of likely N-dealkylation sites (tertiary alicyclic amines) is 1. The maximum atomic E-state index is 13.5. The predicted octanol–water partition coefficient (Wildman–Crippen LogP) is 4.42. The first-order chi connectivity index (χ1) is 14.5. The van der Waals surface area contributed by atoms with Crippen molar-refractivity contribution in [2.75, 3.05) is 27.2 Å². The lowest BCUT2D eigenvalue weighted by Crippen LogP contribution is -2.47. The van der Waals surface area contributed by atoms with E-state index in [2.05, 4.69) is 31.1 Å². The molecular formula is C24H27ClN4O. The van der Waals surface area contributed by atoms with Crippen LogP contribution in [0.2, 0.25) is 5.02 Å². The van der Waals surface area contributed by atoms with Gasteiger partial charge < -0.3 is 9.80 Å². The molecule has 0 aliphatic carbocycles. The zero-order chi connectivity index (χ0) is 21.1. The van der Waals surface area contributed by atoms with Gasteiger partial charge in [-0.1, -0.05) is 54.1 Å². The van der Waals surface area contributed by atoms with Gasteiger partial charge in [0.25, 0.3) is 5.91 Å². The molecule has 1 aromatic heterocycles. The first-order valence-corrected chi connectivity index (χ1v) is 10.7. The summed E-state index contributed by atoms with van der Waals surface area (Å²) in [6, 6.07) is 18.1. The van der Waals surface area contributed by atoms with Crippen molar-refractivity contribution in [1.29, 1.82) is 0 Å². The van der Waals surface area contributed by atoms with Crippen LogP contribution in [0.15, 0.2) is 60.8 Å². The number of hydrogen-bond acceptors (Lipinski definition) is 3. The van der Waals surface area contributed by atoms with Crippen LogP contribution >= 0.6 is 11.6 Å². The van der Waals surface area contributed by atoms with Crippen molar-refractivity contribution < 1.29 is 4.79 Å². The molecule has 30 heavy (non-hydrogen) atoms. The molecule has 2 aromatic carbocycles. The van der Waals surface area contributed by atoms with Gasteiger partial charge in [-0.15, -0.1) is 0 Å². The summed E-state index contributed by atoms with van der Waals surface area (Å²) in [5.74, 6) is 0.0470. The van der Waals surface area contributed by atoms with E-state index in [-0.39, 0.29) is 5.91 Å². The average Bonchev–Trinajstić information content (AvgIpc) is 3.18. The van der Waals surface area contributed by atoms with Gasteiger partial charge in [0.15, 0.2) is 0 Å². The Morgan fingerprint density at radius 1 is 1.13 bits per heavy atom. The summed E-state index contributed by atoms with van der Waals surface area (Å²) in [6.45, 7) is 2.15. The molecule has 0 N–H and O–H groups in total. The molecule has 4 rings (SSSR count). The maximum Gasteiger partial charge on any atom is 0.257 e. The van der Waals surface area contributed by atoms with Crippen molar-refractivity contribution in [2.24, 2.45) is 0 Å². The van der Waals surface area contributed by atoms with Crippen LogP contribution in [-0.4, -0.2) is 58.7 Å². The summed E-state index contributed by atoms with van der Waals surface area (Å²) in [5, 5.41) is 5.46. The molecule has 1 saturated heterocycles. The summed E-state index contributed by atoms with van der Waals surface area (Å²) in [7, 11) is 4.16. The van der Waals surface area contributed by atoms with E-state index >= 15 is 0 Å². The van der Waals surface area contributed by atoms with Crippen LogP contribution in [-0.2, 0) is 6.54 Å². The Labute approximate surface area is 182 Å². The molecule has 3 aromatic rings. The zero-order valence-electron chi connectivity index (χ0n) is 17.5. The van der Waals surface area contributed by atoms with Crippen molar-refractivity contribution >= 4 is 17.5 Å². The molecule has 5 nitrogen and oxygen atoms in total. The molecule has 1 unspecified atom stereocenters. The van der Waals surface area contributed by atoms with E-state index in [1.54, 1.807) is 0 Å². The Hall–Kier alpha value is -2.63. The van der Waals surface area contributed by atoms with Gasteiger partial charge in [-0.2, -0.15) is 5.10 Å². The number of benzene rings is 2. The summed E-state index contributed by atoms with van der Waals surface area (Å²) in [4.78, 5) is 17.7. The molecule has 1 atom stereocenters. The second-order valence-electron chi connectivity index (χ2n) is 8.09. The van der Waals surface area contributed by atoms with E-state index < -0.39 is 0 Å². The van der Waals surface area contributed by atoms with Crippen molar-refractivity contribution in [3.05, 3.63) is 76.9 Å². The van der Waals surface area contributed by atoms with Crippen molar-refractivity contribution in [2.45, 2.75) is 25.4 Å². The molecule has 1 fully saturated rings. The number of likely N-dealkylation sites (N-methyl/N-ethyl adjacent to an activating group) is 1. The van der Waals surface area contributed by atoms with Gasteiger partial charge >= 0.3 is 0 Å². The van der Waals surface area contributed by atoms with E-state index in [0.717, 1.165) is 37.1 Å². The fourth-order valence-electron chi connectivity index (χ4n) is 3.98. The second-order valence-corrected chi connectivity index (χ2v) is 8.53. The van der Waals surface area contributed by atoms with Gasteiger partial charge in [0.05, 0.1) is 12.1 Å². The molecule has 1 amide bonds. The van der Waals surface area contributed by atoms with Crippen molar-refractivity contribution in [3.63, 3.8) is 0 Å². The summed E-state index contributed by atoms with van der Waals surface area (Å²) in [5.41, 5.74) is 3.40. The zero-order valence-corrected chi connectivity index (χ0v) is 18.2. The van der Waals surface area contributed by atoms with Crippen LogP contribution in [0.1, 0.15) is 28.8 Å². The van der Waals surface area contributed by atoms with Crippen LogP contribution in [0.3, 0.4) is 0 Å². The first kappa shape index (κ1) is 20.6. The Bertz CT molecular complexity index is 998. The third kappa shape index (κ3) is 4.58. The number of carbonyl (C=O) groups is 1. The van der Waals surface area contributed by atoms with Crippen LogP contribution in [0, 0.1) is 0 Å². The standard InChI is InChI=1S/C24H27ClN4O/c1-27(2)21-9-6-14-28(16-21)24(30)22-17-29(15-18-7-4-3-5-8-18)26-23(22)19-10-12-20(25)13-11-19/h3-5,7-8,10-13,17,21H,6,9,14-16H2,1-2H3. The smallest absolute Gasteiger partial charge is 0.257 e. The van der Waals surface area contributed by atoms with Gasteiger partial charge in [0, 0.05) is 35.9 Å². The maximum absolute atomic E-state index is 13.5. The number of nitrogens with zero attached hydrogens (tertiary/aromatic N) is 4. The molecule has 0 bridgehead atoms. The summed E-state index contributed by atoms with van der Waals surface area (Å²) < 4.78 is 1.86. The highest BCUT2D eigenvalue weighted by Gasteiger charge is 2.28. The predicted molar refractivity (Wildman–Crippen MR) is 121 cm³/mol. The van der Waals surface area contributed by atoms with Crippen molar-refractivity contribution in [3.8, 4) is 11.3 Å². The minimum atomic E-state index is 0.0470. The lowest BCUT2D eigenvalue weighted by molar-refractivity contribution is 0.0636. The Morgan fingerprint density at radius 3 is 2.57 bits per heavy atom. The first-order valence-electron chi connectivity index (χ1n) is 10.3. The Morgan fingerprint density at radius 2 is 1.87 bits per heavy atom. The van der Waals surface area contributed by atoms with Crippen LogP contribution in [0.5, 0.6) is 0 Å².